The molecule has 0 atom stereocenters. The summed E-state index contributed by atoms with van der Waals surface area (Å²) in [7, 11) is 0. The highest BCUT2D eigenvalue weighted by atomic mass is 35.5. The number of H-pyrrole nitrogens is 1. The second-order valence-electron chi connectivity index (χ2n) is 4.21. The second kappa shape index (κ2) is 5.88. The maximum Gasteiger partial charge on any atom is 0.416 e. The molecule has 2 rings (SSSR count). The Kier molecular flexibility index (Phi) is 4.32. The van der Waals surface area contributed by atoms with E-state index in [0.29, 0.717) is 6.07 Å². The van der Waals surface area contributed by atoms with Gasteiger partial charge in [0.05, 0.1) is 22.9 Å². The quantitative estimate of drug-likeness (QED) is 0.878. The molecule has 0 unspecified atom stereocenters. The minimum absolute atomic E-state index is 0.00443. The number of nitrogens with one attached hydrogen (secondary N) is 1. The highest BCUT2D eigenvalue weighted by Crippen LogP contribution is 2.32. The molecule has 9 heteroatoms. The van der Waals surface area contributed by atoms with Gasteiger partial charge in [-0.25, -0.2) is 9.48 Å². The molecule has 5 nitrogen and oxygen atoms in total. The van der Waals surface area contributed by atoms with Crippen LogP contribution in [0.2, 0.25) is 5.02 Å². The van der Waals surface area contributed by atoms with Crippen molar-refractivity contribution in [2.75, 3.05) is 6.61 Å². The Balaban J connectivity index is 2.46. The van der Waals surface area contributed by atoms with Crippen LogP contribution in [0.5, 0.6) is 0 Å². The van der Waals surface area contributed by atoms with Crippen molar-refractivity contribution < 1.29 is 22.7 Å². The van der Waals surface area contributed by atoms with E-state index in [1.54, 1.807) is 6.92 Å². The number of rotatable bonds is 3. The van der Waals surface area contributed by atoms with Crippen molar-refractivity contribution in [1.29, 1.82) is 0 Å². The summed E-state index contributed by atoms with van der Waals surface area (Å²) in [6.45, 7) is 1.67. The van der Waals surface area contributed by atoms with Gasteiger partial charge in [0.25, 0.3) is 5.56 Å². The number of alkyl halides is 3. The van der Waals surface area contributed by atoms with E-state index in [4.69, 9.17) is 16.3 Å². The van der Waals surface area contributed by atoms with Crippen LogP contribution < -0.4 is 5.56 Å². The Morgan fingerprint density at radius 1 is 1.41 bits per heavy atom. The lowest BCUT2D eigenvalue weighted by Gasteiger charge is -2.09. The smallest absolute Gasteiger partial charge is 0.416 e. The van der Waals surface area contributed by atoms with Crippen LogP contribution in [0, 0.1) is 0 Å². The highest BCUT2D eigenvalue weighted by Gasteiger charge is 2.31. The predicted octanol–water partition coefficient (Wildman–Crippen LogP) is 3.01. The number of halogens is 4. The van der Waals surface area contributed by atoms with Gasteiger partial charge in [-0.05, 0) is 25.1 Å². The molecule has 0 aliphatic carbocycles. The first kappa shape index (κ1) is 16.2. The van der Waals surface area contributed by atoms with Gasteiger partial charge < -0.3 is 4.74 Å². The first-order valence-corrected chi connectivity index (χ1v) is 6.48. The SMILES string of the molecule is CCOC(=O)c1c[nH]n(-c2ccc(C(F)(F)F)cc2Cl)c1=O. The van der Waals surface area contributed by atoms with E-state index >= 15 is 0 Å². The molecule has 22 heavy (non-hydrogen) atoms. The van der Waals surface area contributed by atoms with Gasteiger partial charge in [-0.3, -0.25) is 9.89 Å². The fourth-order valence-corrected chi connectivity index (χ4v) is 2.03. The van der Waals surface area contributed by atoms with Crippen LogP contribution in [0.3, 0.4) is 0 Å². The normalized spacial score (nSPS) is 11.5. The number of benzene rings is 1. The highest BCUT2D eigenvalue weighted by molar-refractivity contribution is 6.32. The lowest BCUT2D eigenvalue weighted by atomic mass is 10.2. The average Bonchev–Trinajstić information content (AvgIpc) is 2.80. The average molecular weight is 335 g/mol. The number of carbonyl (C=O) groups excluding carboxylic acids is 1. The van der Waals surface area contributed by atoms with E-state index in [1.165, 1.54) is 0 Å². The Morgan fingerprint density at radius 2 is 2.09 bits per heavy atom. The number of carbonyl (C=O) groups is 1. The summed E-state index contributed by atoms with van der Waals surface area (Å²) in [6, 6.07) is 2.53. The molecule has 0 fully saturated rings. The van der Waals surface area contributed by atoms with E-state index in [9.17, 15) is 22.8 Å². The fourth-order valence-electron chi connectivity index (χ4n) is 1.77. The Hall–Kier alpha value is -2.22. The van der Waals surface area contributed by atoms with E-state index in [-0.39, 0.29) is 22.9 Å². The van der Waals surface area contributed by atoms with Crippen molar-refractivity contribution in [3.63, 3.8) is 0 Å². The lowest BCUT2D eigenvalue weighted by Crippen LogP contribution is -2.21. The number of aromatic nitrogens is 2. The third-order valence-electron chi connectivity index (χ3n) is 2.78. The van der Waals surface area contributed by atoms with Crippen LogP contribution in [0.4, 0.5) is 13.2 Å². The van der Waals surface area contributed by atoms with Crippen molar-refractivity contribution in [3.8, 4) is 5.69 Å². The number of hydrogen-bond acceptors (Lipinski definition) is 3. The van der Waals surface area contributed by atoms with Crippen LogP contribution in [0.15, 0.2) is 29.2 Å². The minimum Gasteiger partial charge on any atom is -0.462 e. The summed E-state index contributed by atoms with van der Waals surface area (Å²) in [5, 5.41) is 2.18. The van der Waals surface area contributed by atoms with Crippen molar-refractivity contribution in [3.05, 3.63) is 50.9 Å². The molecule has 1 N–H and O–H groups in total. The van der Waals surface area contributed by atoms with Gasteiger partial charge in [-0.15, -0.1) is 0 Å². The monoisotopic (exact) mass is 334 g/mol. The van der Waals surface area contributed by atoms with Gasteiger partial charge >= 0.3 is 12.1 Å². The summed E-state index contributed by atoms with van der Waals surface area (Å²) < 4.78 is 43.3. The molecular formula is C13H10ClF3N2O3. The van der Waals surface area contributed by atoms with Crippen LogP contribution in [-0.4, -0.2) is 22.4 Å². The van der Waals surface area contributed by atoms with Crippen molar-refractivity contribution in [1.82, 2.24) is 9.78 Å². The zero-order valence-corrected chi connectivity index (χ0v) is 12.0. The molecule has 1 aromatic carbocycles. The number of esters is 1. The molecule has 0 amide bonds. The van der Waals surface area contributed by atoms with Crippen molar-refractivity contribution >= 4 is 17.6 Å². The summed E-state index contributed by atoms with van der Waals surface area (Å²) in [6.07, 6.45) is -3.44. The number of nitrogens with zero attached hydrogens (tertiary/aromatic N) is 1. The molecule has 0 aliphatic heterocycles. The molecule has 1 aromatic heterocycles. The molecule has 118 valence electrons. The third-order valence-corrected chi connectivity index (χ3v) is 3.09. The Bertz CT molecular complexity index is 765. The molecule has 2 aromatic rings. The largest absolute Gasteiger partial charge is 0.462 e. The fraction of sp³-hybridized carbons (Fsp3) is 0.231. The first-order chi connectivity index (χ1) is 10.3. The molecular weight excluding hydrogens is 325 g/mol. The summed E-state index contributed by atoms with van der Waals surface area (Å²) in [4.78, 5) is 23.6. The number of aromatic amines is 1. The number of ether oxygens (including phenoxy) is 1. The number of hydrogen-bond donors (Lipinski definition) is 1. The molecule has 0 bridgehead atoms. The zero-order chi connectivity index (χ0) is 16.5. The molecule has 1 heterocycles. The lowest BCUT2D eigenvalue weighted by molar-refractivity contribution is -0.137. The molecule has 0 radical (unpaired) electrons. The van der Waals surface area contributed by atoms with Crippen LogP contribution in [0.25, 0.3) is 5.69 Å². The molecule has 0 aliphatic rings. The zero-order valence-electron chi connectivity index (χ0n) is 11.2. The summed E-state index contributed by atoms with van der Waals surface area (Å²) in [5.41, 5.74) is -1.97. The Morgan fingerprint density at radius 3 is 2.64 bits per heavy atom. The standard InChI is InChI=1S/C13H10ClF3N2O3/c1-2-22-12(21)8-6-18-19(11(8)20)10-4-3-7(5-9(10)14)13(15,16)17/h3-6,18H,2H2,1H3. The van der Waals surface area contributed by atoms with Gasteiger partial charge in [0, 0.05) is 6.20 Å². The maximum absolute atomic E-state index is 12.6. The topological polar surface area (TPSA) is 64.1 Å². The minimum atomic E-state index is -4.54. The van der Waals surface area contributed by atoms with Gasteiger partial charge in [0.1, 0.15) is 5.56 Å². The third kappa shape index (κ3) is 3.01. The van der Waals surface area contributed by atoms with Gasteiger partial charge in [0.15, 0.2) is 0 Å². The second-order valence-corrected chi connectivity index (χ2v) is 4.62. The van der Waals surface area contributed by atoms with E-state index in [0.717, 1.165) is 23.0 Å². The van der Waals surface area contributed by atoms with Gasteiger partial charge in [-0.1, -0.05) is 11.6 Å². The van der Waals surface area contributed by atoms with Crippen LogP contribution in [-0.2, 0) is 10.9 Å². The summed E-state index contributed by atoms with van der Waals surface area (Å²) >= 11 is 5.80. The van der Waals surface area contributed by atoms with Crippen LogP contribution in [0.1, 0.15) is 22.8 Å². The maximum atomic E-state index is 12.6. The van der Waals surface area contributed by atoms with Crippen molar-refractivity contribution in [2.24, 2.45) is 0 Å². The van der Waals surface area contributed by atoms with Crippen LogP contribution >= 0.6 is 11.6 Å². The summed E-state index contributed by atoms with van der Waals surface area (Å²) in [5.74, 6) is -0.828. The van der Waals surface area contributed by atoms with Gasteiger partial charge in [-0.2, -0.15) is 13.2 Å². The molecule has 0 spiro atoms. The van der Waals surface area contributed by atoms with E-state index < -0.39 is 23.3 Å². The van der Waals surface area contributed by atoms with Crippen molar-refractivity contribution in [2.45, 2.75) is 13.1 Å². The van der Waals surface area contributed by atoms with Gasteiger partial charge in [0.2, 0.25) is 0 Å². The Labute approximate surface area is 127 Å². The van der Waals surface area contributed by atoms with E-state index in [1.807, 2.05) is 0 Å². The first-order valence-electron chi connectivity index (χ1n) is 6.10. The van der Waals surface area contributed by atoms with E-state index in [2.05, 4.69) is 5.10 Å². The molecule has 0 saturated carbocycles. The predicted molar refractivity (Wildman–Crippen MR) is 72.4 cm³/mol. The molecule has 0 saturated heterocycles.